The predicted molar refractivity (Wildman–Crippen MR) is 263 cm³/mol. The maximum absolute atomic E-state index is 12.8. The number of benzene rings is 6. The van der Waals surface area contributed by atoms with Crippen molar-refractivity contribution in [3.05, 3.63) is 193 Å². The van der Waals surface area contributed by atoms with Crippen LogP contribution in [-0.4, -0.2) is 87.4 Å². The highest BCUT2D eigenvalue weighted by Gasteiger charge is 2.46. The molecule has 12 nitrogen and oxygen atoms in total. The van der Waals surface area contributed by atoms with Gasteiger partial charge in [-0.1, -0.05) is 116 Å². The molecular formula is C54H52N2O10S2. The van der Waals surface area contributed by atoms with Crippen LogP contribution in [0.1, 0.15) is 29.2 Å². The lowest BCUT2D eigenvalue weighted by molar-refractivity contribution is -0.141. The molecule has 6 aromatic rings. The smallest absolute Gasteiger partial charge is 0.407 e. The first-order valence-electron chi connectivity index (χ1n) is 22.1. The van der Waals surface area contributed by atoms with E-state index in [2.05, 4.69) is 90.0 Å². The summed E-state index contributed by atoms with van der Waals surface area (Å²) in [6.07, 6.45) is -1.44. The number of esters is 2. The van der Waals surface area contributed by atoms with Gasteiger partial charge < -0.3 is 39.1 Å². The molecule has 0 aliphatic heterocycles. The second-order valence-corrected chi connectivity index (χ2v) is 17.6. The van der Waals surface area contributed by atoms with E-state index in [1.807, 2.05) is 84.9 Å². The van der Waals surface area contributed by atoms with Crippen LogP contribution < -0.4 is 20.1 Å². The van der Waals surface area contributed by atoms with Gasteiger partial charge in [-0.3, -0.25) is 4.79 Å². The molecule has 2 amide bonds. The summed E-state index contributed by atoms with van der Waals surface area (Å²) in [6.45, 7) is 5.10. The number of carbonyl (C=O) groups is 4. The Balaban J connectivity index is 1.09. The van der Waals surface area contributed by atoms with Gasteiger partial charge in [0.1, 0.15) is 50.1 Å². The number of ether oxygens (including phenoxy) is 6. The molecule has 0 saturated carbocycles. The Kier molecular flexibility index (Phi) is 17.6. The van der Waals surface area contributed by atoms with Crippen molar-refractivity contribution in [2.24, 2.45) is 0 Å². The fraction of sp³-hybridized carbons (Fsp3) is 0.222. The van der Waals surface area contributed by atoms with Crippen LogP contribution in [0, 0.1) is 0 Å². The Labute approximate surface area is 404 Å². The Morgan fingerprint density at radius 3 is 1.40 bits per heavy atom. The SMILES string of the molecule is C=CC(=O)OCCNC(=O)OC(COc1ccc(C2(c3ccc(OCC(CSc4ccccc4)OC(=O)NCCOC(C)=O)cc3)c3ccccc3-c3ccccc32)cc1)CSc1ccccc1. The van der Waals surface area contributed by atoms with Crippen LogP contribution in [0.25, 0.3) is 11.1 Å². The number of hydrogen-bond donors (Lipinski definition) is 2. The summed E-state index contributed by atoms with van der Waals surface area (Å²) in [7, 11) is 0. The zero-order valence-electron chi connectivity index (χ0n) is 37.5. The zero-order chi connectivity index (χ0) is 47.6. The number of alkyl carbamates (subject to hydrolysis) is 2. The van der Waals surface area contributed by atoms with Gasteiger partial charge in [0.2, 0.25) is 0 Å². The first-order chi connectivity index (χ1) is 33.2. The number of hydrogen-bond acceptors (Lipinski definition) is 12. The van der Waals surface area contributed by atoms with Crippen molar-refractivity contribution >= 4 is 47.6 Å². The second-order valence-electron chi connectivity index (χ2n) is 15.4. The Morgan fingerprint density at radius 2 is 0.971 bits per heavy atom. The molecule has 0 spiro atoms. The summed E-state index contributed by atoms with van der Waals surface area (Å²) in [6, 6.07) is 52.6. The van der Waals surface area contributed by atoms with Gasteiger partial charge in [-0.25, -0.2) is 14.4 Å². The molecule has 2 N–H and O–H groups in total. The van der Waals surface area contributed by atoms with Crippen LogP contribution >= 0.6 is 23.5 Å². The van der Waals surface area contributed by atoms with Gasteiger partial charge in [-0.15, -0.1) is 23.5 Å². The Hall–Kier alpha value is -7.16. The third kappa shape index (κ3) is 13.0. The monoisotopic (exact) mass is 952 g/mol. The van der Waals surface area contributed by atoms with E-state index in [9.17, 15) is 19.2 Å². The van der Waals surface area contributed by atoms with Gasteiger partial charge in [0.05, 0.1) is 18.5 Å². The Morgan fingerprint density at radius 1 is 0.559 bits per heavy atom. The number of carbonyl (C=O) groups excluding carboxylic acids is 4. The van der Waals surface area contributed by atoms with Crippen LogP contribution in [0.5, 0.6) is 11.5 Å². The minimum Gasteiger partial charge on any atom is -0.490 e. The molecule has 1 aliphatic rings. The largest absolute Gasteiger partial charge is 0.490 e. The van der Waals surface area contributed by atoms with Gasteiger partial charge in [0, 0.05) is 34.3 Å². The van der Waals surface area contributed by atoms with Gasteiger partial charge in [-0.2, -0.15) is 0 Å². The number of amides is 2. The number of rotatable bonds is 23. The van der Waals surface area contributed by atoms with E-state index in [4.69, 9.17) is 28.4 Å². The van der Waals surface area contributed by atoms with E-state index in [0.29, 0.717) is 23.0 Å². The quantitative estimate of drug-likeness (QED) is 0.0207. The molecule has 0 radical (unpaired) electrons. The lowest BCUT2D eigenvalue weighted by Gasteiger charge is -2.34. The molecule has 0 aromatic heterocycles. The van der Waals surface area contributed by atoms with Crippen LogP contribution in [-0.2, 0) is 34.0 Å². The van der Waals surface area contributed by atoms with Crippen LogP contribution in [0.2, 0.25) is 0 Å². The molecule has 2 atom stereocenters. The fourth-order valence-corrected chi connectivity index (χ4v) is 9.53. The van der Waals surface area contributed by atoms with Crippen molar-refractivity contribution in [2.45, 2.75) is 34.3 Å². The molecule has 14 heteroatoms. The zero-order valence-corrected chi connectivity index (χ0v) is 39.1. The molecule has 350 valence electrons. The standard InChI is InChI=1S/C54H52N2O10S2/c1-3-51(58)62-33-31-56-53(60)66-44(37-68-46-16-8-5-9-17-46)35-64-42-28-24-40(25-29-42)54(49-20-12-10-18-47(49)48-19-11-13-21-50(48)54)39-22-26-41(27-23-39)63-34-43(36-67-45-14-6-4-7-15-45)65-52(59)55-30-32-61-38(2)57/h3-29,43-44H,1,30-37H2,2H3,(H,55,59)(H,56,60). The number of thioether (sulfide) groups is 2. The summed E-state index contributed by atoms with van der Waals surface area (Å²) >= 11 is 3.10. The minimum absolute atomic E-state index is 0.0182. The van der Waals surface area contributed by atoms with Crippen molar-refractivity contribution in [1.82, 2.24) is 10.6 Å². The molecule has 1 aliphatic carbocycles. The molecule has 0 heterocycles. The normalized spacial score (nSPS) is 12.8. The first kappa shape index (κ1) is 48.8. The Bertz CT molecular complexity index is 2570. The molecule has 68 heavy (non-hydrogen) atoms. The van der Waals surface area contributed by atoms with Gasteiger partial charge in [-0.05, 0) is 81.9 Å². The topological polar surface area (TPSA) is 148 Å². The maximum atomic E-state index is 12.8. The lowest BCUT2D eigenvalue weighted by atomic mass is 9.68. The molecule has 0 bridgehead atoms. The average molecular weight is 953 g/mol. The fourth-order valence-electron chi connectivity index (χ4n) is 7.75. The van der Waals surface area contributed by atoms with E-state index in [-0.39, 0.29) is 39.5 Å². The lowest BCUT2D eigenvalue weighted by Crippen LogP contribution is -2.35. The van der Waals surface area contributed by atoms with Crippen molar-refractivity contribution in [3.63, 3.8) is 0 Å². The van der Waals surface area contributed by atoms with Crippen molar-refractivity contribution in [1.29, 1.82) is 0 Å². The molecule has 7 rings (SSSR count). The highest BCUT2D eigenvalue weighted by molar-refractivity contribution is 7.99. The number of fused-ring (bicyclic) bond motifs is 3. The van der Waals surface area contributed by atoms with E-state index in [0.717, 1.165) is 49.2 Å². The average Bonchev–Trinajstić information content (AvgIpc) is 3.67. The molecular weight excluding hydrogens is 901 g/mol. The van der Waals surface area contributed by atoms with Crippen molar-refractivity contribution in [3.8, 4) is 22.6 Å². The summed E-state index contributed by atoms with van der Waals surface area (Å²) in [5, 5.41) is 5.27. The molecule has 2 unspecified atom stereocenters. The van der Waals surface area contributed by atoms with E-state index in [1.165, 1.54) is 6.92 Å². The summed E-state index contributed by atoms with van der Waals surface area (Å²) in [4.78, 5) is 50.2. The first-order valence-corrected chi connectivity index (χ1v) is 24.0. The van der Waals surface area contributed by atoms with Gasteiger partial charge in [0.15, 0.2) is 0 Å². The van der Waals surface area contributed by atoms with Crippen LogP contribution in [0.3, 0.4) is 0 Å². The predicted octanol–water partition coefficient (Wildman–Crippen LogP) is 9.87. The van der Waals surface area contributed by atoms with Gasteiger partial charge in [0.25, 0.3) is 0 Å². The van der Waals surface area contributed by atoms with Crippen molar-refractivity contribution < 1.29 is 47.6 Å². The molecule has 6 aromatic carbocycles. The third-order valence-electron chi connectivity index (χ3n) is 10.8. The summed E-state index contributed by atoms with van der Waals surface area (Å²) in [5.74, 6) is 1.08. The summed E-state index contributed by atoms with van der Waals surface area (Å²) in [5.41, 5.74) is 5.87. The van der Waals surface area contributed by atoms with E-state index < -0.39 is 41.7 Å². The second kappa shape index (κ2) is 24.6. The highest BCUT2D eigenvalue weighted by Crippen LogP contribution is 2.56. The van der Waals surface area contributed by atoms with Gasteiger partial charge >= 0.3 is 24.1 Å². The van der Waals surface area contributed by atoms with E-state index >= 15 is 0 Å². The van der Waals surface area contributed by atoms with Crippen LogP contribution in [0.15, 0.2) is 180 Å². The maximum Gasteiger partial charge on any atom is 0.407 e. The van der Waals surface area contributed by atoms with Crippen LogP contribution in [0.4, 0.5) is 9.59 Å². The van der Waals surface area contributed by atoms with Crippen molar-refractivity contribution in [2.75, 3.05) is 51.0 Å². The summed E-state index contributed by atoms with van der Waals surface area (Å²) < 4.78 is 34.1. The highest BCUT2D eigenvalue weighted by atomic mass is 32.2. The molecule has 0 fully saturated rings. The van der Waals surface area contributed by atoms with E-state index in [1.54, 1.807) is 23.5 Å². The third-order valence-corrected chi connectivity index (χ3v) is 13.1. The molecule has 0 saturated heterocycles. The minimum atomic E-state index is -0.706. The number of nitrogens with one attached hydrogen (secondary N) is 2.